The van der Waals surface area contributed by atoms with Crippen molar-refractivity contribution in [2.24, 2.45) is 0 Å². The molecule has 0 amide bonds. The van der Waals surface area contributed by atoms with Crippen molar-refractivity contribution in [1.82, 2.24) is 15.0 Å². The molecule has 0 aromatic carbocycles. The second-order valence-electron chi connectivity index (χ2n) is 4.69. The number of nitrogens with one attached hydrogen (secondary N) is 1. The fraction of sp³-hybridized carbons (Fsp3) is 0.286. The fourth-order valence-corrected chi connectivity index (χ4v) is 3.13. The van der Waals surface area contributed by atoms with Crippen LogP contribution in [0.1, 0.15) is 0 Å². The van der Waals surface area contributed by atoms with E-state index in [-0.39, 0.29) is 0 Å². The van der Waals surface area contributed by atoms with E-state index < -0.39 is 0 Å². The Labute approximate surface area is 120 Å². The minimum atomic E-state index is 0.750. The lowest BCUT2D eigenvalue weighted by molar-refractivity contribution is 0.122. The van der Waals surface area contributed by atoms with E-state index in [0.29, 0.717) is 0 Å². The average Bonchev–Trinajstić information content (AvgIpc) is 3.16. The molecule has 3 aromatic rings. The molecule has 0 atom stereocenters. The van der Waals surface area contributed by atoms with E-state index in [9.17, 15) is 0 Å². The first kappa shape index (κ1) is 11.9. The molecule has 1 aliphatic rings. The largest absolute Gasteiger partial charge is 0.378 e. The van der Waals surface area contributed by atoms with Crippen LogP contribution in [0.4, 0.5) is 5.82 Å². The van der Waals surface area contributed by atoms with E-state index in [1.54, 1.807) is 11.3 Å². The zero-order chi connectivity index (χ0) is 13.4. The summed E-state index contributed by atoms with van der Waals surface area (Å²) in [4.78, 5) is 16.0. The number of morpholine rings is 1. The first-order valence-corrected chi connectivity index (χ1v) is 7.51. The molecule has 5 nitrogen and oxygen atoms in total. The lowest BCUT2D eigenvalue weighted by Gasteiger charge is -2.27. The molecule has 0 spiro atoms. The molecule has 1 saturated heterocycles. The van der Waals surface area contributed by atoms with Gasteiger partial charge in [-0.05, 0) is 17.5 Å². The molecule has 3 aromatic heterocycles. The van der Waals surface area contributed by atoms with Crippen LogP contribution in [0.5, 0.6) is 0 Å². The maximum atomic E-state index is 5.40. The van der Waals surface area contributed by atoms with Crippen molar-refractivity contribution in [1.29, 1.82) is 0 Å². The zero-order valence-corrected chi connectivity index (χ0v) is 11.7. The molecule has 6 heteroatoms. The van der Waals surface area contributed by atoms with Crippen LogP contribution in [0.25, 0.3) is 21.7 Å². The topological polar surface area (TPSA) is 54.0 Å². The van der Waals surface area contributed by atoms with Crippen molar-refractivity contribution in [3.63, 3.8) is 0 Å². The highest BCUT2D eigenvalue weighted by Crippen LogP contribution is 2.28. The van der Waals surface area contributed by atoms with Gasteiger partial charge in [0, 0.05) is 19.3 Å². The maximum Gasteiger partial charge on any atom is 0.156 e. The molecule has 4 heterocycles. The van der Waals surface area contributed by atoms with Crippen LogP contribution in [0.2, 0.25) is 0 Å². The van der Waals surface area contributed by atoms with Crippen molar-refractivity contribution >= 4 is 28.2 Å². The number of aromatic amines is 1. The van der Waals surface area contributed by atoms with Gasteiger partial charge in [0.05, 0.1) is 23.6 Å². The molecule has 0 unspecified atom stereocenters. The van der Waals surface area contributed by atoms with Crippen molar-refractivity contribution in [3.8, 4) is 10.7 Å². The molecular weight excluding hydrogens is 272 g/mol. The van der Waals surface area contributed by atoms with Gasteiger partial charge in [-0.15, -0.1) is 11.3 Å². The summed E-state index contributed by atoms with van der Waals surface area (Å²) in [7, 11) is 0. The molecule has 0 bridgehead atoms. The third kappa shape index (κ3) is 1.97. The van der Waals surface area contributed by atoms with E-state index in [1.165, 1.54) is 0 Å². The number of aromatic nitrogens is 3. The van der Waals surface area contributed by atoms with Crippen molar-refractivity contribution in [3.05, 3.63) is 29.8 Å². The molecule has 102 valence electrons. The van der Waals surface area contributed by atoms with Gasteiger partial charge < -0.3 is 14.6 Å². The Balaban J connectivity index is 1.81. The molecule has 0 radical (unpaired) electrons. The smallest absolute Gasteiger partial charge is 0.156 e. The number of nitrogens with zero attached hydrogens (tertiary/aromatic N) is 3. The minimum absolute atomic E-state index is 0.750. The summed E-state index contributed by atoms with van der Waals surface area (Å²) in [6.45, 7) is 3.24. The number of rotatable bonds is 2. The minimum Gasteiger partial charge on any atom is -0.378 e. The molecule has 0 aliphatic carbocycles. The standard InChI is InChI=1S/C14H14N4OS/c1-2-11(20-9-1)13-16-10-3-4-15-14(12(10)17-13)18-5-7-19-8-6-18/h1-4,9H,5-8H2,(H,16,17). The van der Waals surface area contributed by atoms with Crippen LogP contribution in [0.15, 0.2) is 29.8 Å². The van der Waals surface area contributed by atoms with Gasteiger partial charge in [0.15, 0.2) is 5.82 Å². The Bertz CT molecular complexity index is 716. The zero-order valence-electron chi connectivity index (χ0n) is 10.9. The first-order chi connectivity index (χ1) is 9.92. The molecular formula is C14H14N4OS. The lowest BCUT2D eigenvalue weighted by atomic mass is 10.3. The van der Waals surface area contributed by atoms with Crippen LogP contribution in [0, 0.1) is 0 Å². The third-order valence-corrected chi connectivity index (χ3v) is 4.32. The normalized spacial score (nSPS) is 15.9. The van der Waals surface area contributed by atoms with Gasteiger partial charge in [0.1, 0.15) is 11.3 Å². The SMILES string of the molecule is c1csc(-c2nc3c(N4CCOCC4)nccc3[nH]2)c1. The van der Waals surface area contributed by atoms with Gasteiger partial charge in [-0.1, -0.05) is 6.07 Å². The number of H-pyrrole nitrogens is 1. The van der Waals surface area contributed by atoms with Gasteiger partial charge in [0.2, 0.25) is 0 Å². The number of anilines is 1. The van der Waals surface area contributed by atoms with Crippen LogP contribution in [0.3, 0.4) is 0 Å². The number of hydrogen-bond acceptors (Lipinski definition) is 5. The summed E-state index contributed by atoms with van der Waals surface area (Å²) in [5, 5.41) is 2.06. The fourth-order valence-electron chi connectivity index (χ4n) is 2.46. The van der Waals surface area contributed by atoms with E-state index in [1.807, 2.05) is 18.3 Å². The predicted molar refractivity (Wildman–Crippen MR) is 80.2 cm³/mol. The van der Waals surface area contributed by atoms with Crippen LogP contribution < -0.4 is 4.90 Å². The highest BCUT2D eigenvalue weighted by molar-refractivity contribution is 7.13. The highest BCUT2D eigenvalue weighted by atomic mass is 32.1. The number of fused-ring (bicyclic) bond motifs is 1. The summed E-state index contributed by atoms with van der Waals surface area (Å²) < 4.78 is 5.40. The number of thiophene rings is 1. The Hall–Kier alpha value is -1.92. The van der Waals surface area contributed by atoms with Crippen LogP contribution in [-0.4, -0.2) is 41.3 Å². The van der Waals surface area contributed by atoms with Gasteiger partial charge in [-0.2, -0.15) is 0 Å². The first-order valence-electron chi connectivity index (χ1n) is 6.63. The molecule has 1 N–H and O–H groups in total. The van der Waals surface area contributed by atoms with Crippen LogP contribution >= 0.6 is 11.3 Å². The summed E-state index contributed by atoms with van der Waals surface area (Å²) >= 11 is 1.68. The van der Waals surface area contributed by atoms with E-state index in [4.69, 9.17) is 9.72 Å². The molecule has 0 saturated carbocycles. The van der Waals surface area contributed by atoms with Gasteiger partial charge in [-0.3, -0.25) is 0 Å². The summed E-state index contributed by atoms with van der Waals surface area (Å²) in [6, 6.07) is 6.09. The molecule has 4 rings (SSSR count). The Morgan fingerprint density at radius 2 is 2.15 bits per heavy atom. The quantitative estimate of drug-likeness (QED) is 0.786. The van der Waals surface area contributed by atoms with Gasteiger partial charge >= 0.3 is 0 Å². The van der Waals surface area contributed by atoms with E-state index >= 15 is 0 Å². The monoisotopic (exact) mass is 286 g/mol. The van der Waals surface area contributed by atoms with Gasteiger partial charge in [0.25, 0.3) is 0 Å². The number of pyridine rings is 1. The van der Waals surface area contributed by atoms with Crippen molar-refractivity contribution in [2.75, 3.05) is 31.2 Å². The lowest BCUT2D eigenvalue weighted by Crippen LogP contribution is -2.36. The predicted octanol–water partition coefficient (Wildman–Crippen LogP) is 2.52. The summed E-state index contributed by atoms with van der Waals surface area (Å²) in [5.41, 5.74) is 1.97. The number of ether oxygens (including phenoxy) is 1. The van der Waals surface area contributed by atoms with Gasteiger partial charge in [-0.25, -0.2) is 9.97 Å². The van der Waals surface area contributed by atoms with Crippen molar-refractivity contribution < 1.29 is 4.74 Å². The Morgan fingerprint density at radius 1 is 1.25 bits per heavy atom. The maximum absolute atomic E-state index is 5.40. The average molecular weight is 286 g/mol. The second kappa shape index (κ2) is 4.88. The Morgan fingerprint density at radius 3 is 2.95 bits per heavy atom. The summed E-state index contributed by atoms with van der Waals surface area (Å²) in [5.74, 6) is 1.86. The molecule has 1 fully saturated rings. The highest BCUT2D eigenvalue weighted by Gasteiger charge is 2.18. The Kier molecular flexibility index (Phi) is 2.90. The molecule has 1 aliphatic heterocycles. The second-order valence-corrected chi connectivity index (χ2v) is 5.64. The van der Waals surface area contributed by atoms with Crippen LogP contribution in [-0.2, 0) is 4.74 Å². The number of imidazole rings is 1. The van der Waals surface area contributed by atoms with E-state index in [0.717, 1.165) is 53.9 Å². The number of hydrogen-bond donors (Lipinski definition) is 1. The van der Waals surface area contributed by atoms with E-state index in [2.05, 4.69) is 26.3 Å². The third-order valence-electron chi connectivity index (χ3n) is 3.45. The van der Waals surface area contributed by atoms with Crippen molar-refractivity contribution in [2.45, 2.75) is 0 Å². The molecule has 20 heavy (non-hydrogen) atoms. The summed E-state index contributed by atoms with van der Waals surface area (Å²) in [6.07, 6.45) is 1.84.